The van der Waals surface area contributed by atoms with Gasteiger partial charge in [0.15, 0.2) is 0 Å². The van der Waals surface area contributed by atoms with Gasteiger partial charge >= 0.3 is 6.18 Å². The summed E-state index contributed by atoms with van der Waals surface area (Å²) in [6.07, 6.45) is -3.98. The zero-order valence-corrected chi connectivity index (χ0v) is 11.0. The van der Waals surface area contributed by atoms with Crippen molar-refractivity contribution in [2.24, 2.45) is 0 Å². The van der Waals surface area contributed by atoms with E-state index in [-0.39, 0.29) is 12.2 Å². The molecule has 1 aromatic heterocycles. The van der Waals surface area contributed by atoms with Gasteiger partial charge in [0.05, 0.1) is 11.3 Å². The molecule has 6 heteroatoms. The van der Waals surface area contributed by atoms with E-state index in [1.807, 2.05) is 0 Å². The summed E-state index contributed by atoms with van der Waals surface area (Å²) in [6, 6.07) is 5.40. The van der Waals surface area contributed by atoms with E-state index in [0.29, 0.717) is 17.1 Å². The van der Waals surface area contributed by atoms with E-state index in [1.165, 1.54) is 23.5 Å². The van der Waals surface area contributed by atoms with Crippen molar-refractivity contribution >= 4 is 11.3 Å². The lowest BCUT2D eigenvalue weighted by Gasteiger charge is -2.10. The fourth-order valence-corrected chi connectivity index (χ4v) is 2.88. The number of nitrogens with zero attached hydrogens (tertiary/aromatic N) is 1. The molecule has 2 nitrogen and oxygen atoms in total. The number of aryl methyl sites for hydroxylation is 1. The van der Waals surface area contributed by atoms with E-state index in [1.54, 1.807) is 13.0 Å². The van der Waals surface area contributed by atoms with E-state index in [2.05, 4.69) is 4.98 Å². The van der Waals surface area contributed by atoms with Gasteiger partial charge in [-0.3, -0.25) is 0 Å². The van der Waals surface area contributed by atoms with Crippen molar-refractivity contribution in [3.8, 4) is 10.6 Å². The number of thiazole rings is 1. The summed E-state index contributed by atoms with van der Waals surface area (Å²) in [4.78, 5) is 5.00. The van der Waals surface area contributed by atoms with Crippen LogP contribution in [0.5, 0.6) is 0 Å². The Morgan fingerprint density at radius 3 is 2.58 bits per heavy atom. The minimum absolute atomic E-state index is 0.0383. The van der Waals surface area contributed by atoms with Gasteiger partial charge in [-0.1, -0.05) is 18.2 Å². The normalized spacial score (nSPS) is 11.8. The third kappa shape index (κ3) is 2.96. The predicted octanol–water partition coefficient (Wildman–Crippen LogP) is 3.67. The van der Waals surface area contributed by atoms with Gasteiger partial charge in [-0.2, -0.15) is 13.2 Å². The summed E-state index contributed by atoms with van der Waals surface area (Å²) >= 11 is 1.20. The maximum atomic E-state index is 12.9. The van der Waals surface area contributed by atoms with Crippen LogP contribution in [0.15, 0.2) is 24.3 Å². The Labute approximate surface area is 112 Å². The van der Waals surface area contributed by atoms with Crippen LogP contribution >= 0.6 is 11.3 Å². The Bertz CT molecular complexity index is 578. The van der Waals surface area contributed by atoms with Crippen LogP contribution in [-0.4, -0.2) is 16.7 Å². The van der Waals surface area contributed by atoms with Gasteiger partial charge in [0, 0.05) is 23.5 Å². The highest BCUT2D eigenvalue weighted by molar-refractivity contribution is 7.15. The fraction of sp³-hybridized carbons (Fsp3) is 0.308. The molecule has 1 N–H and O–H groups in total. The smallest absolute Gasteiger partial charge is 0.396 e. The van der Waals surface area contributed by atoms with Crippen LogP contribution in [0.2, 0.25) is 0 Å². The number of hydrogen-bond donors (Lipinski definition) is 1. The van der Waals surface area contributed by atoms with Crippen molar-refractivity contribution in [3.05, 3.63) is 40.4 Å². The molecule has 0 amide bonds. The lowest BCUT2D eigenvalue weighted by molar-refractivity contribution is -0.137. The van der Waals surface area contributed by atoms with Crippen LogP contribution in [0, 0.1) is 6.92 Å². The number of aromatic nitrogens is 1. The molecule has 0 aliphatic carbocycles. The third-order valence-electron chi connectivity index (χ3n) is 2.69. The first-order valence-corrected chi connectivity index (χ1v) is 6.49. The van der Waals surface area contributed by atoms with Gasteiger partial charge in [0.25, 0.3) is 0 Å². The summed E-state index contributed by atoms with van der Waals surface area (Å²) < 4.78 is 38.8. The van der Waals surface area contributed by atoms with Crippen molar-refractivity contribution in [1.82, 2.24) is 4.98 Å². The van der Waals surface area contributed by atoms with Crippen LogP contribution in [0.4, 0.5) is 13.2 Å². The van der Waals surface area contributed by atoms with E-state index < -0.39 is 11.7 Å². The van der Waals surface area contributed by atoms with Gasteiger partial charge < -0.3 is 5.11 Å². The number of aliphatic hydroxyl groups is 1. The quantitative estimate of drug-likeness (QED) is 0.934. The molecule has 0 aliphatic rings. The molecular weight excluding hydrogens is 275 g/mol. The molecular formula is C13H12F3NOS. The van der Waals surface area contributed by atoms with Crippen molar-refractivity contribution in [1.29, 1.82) is 0 Å². The molecule has 1 aromatic carbocycles. The summed E-state index contributed by atoms with van der Waals surface area (Å²) in [6.45, 7) is 1.70. The largest absolute Gasteiger partial charge is 0.417 e. The monoisotopic (exact) mass is 287 g/mol. The average Bonchev–Trinajstić information content (AvgIpc) is 2.70. The molecule has 0 bridgehead atoms. The molecule has 2 rings (SSSR count). The maximum absolute atomic E-state index is 12.9. The highest BCUT2D eigenvalue weighted by Crippen LogP contribution is 2.38. The van der Waals surface area contributed by atoms with Gasteiger partial charge in [-0.05, 0) is 13.0 Å². The Kier molecular flexibility index (Phi) is 3.91. The Morgan fingerprint density at radius 2 is 1.95 bits per heavy atom. The molecule has 2 aromatic rings. The summed E-state index contributed by atoms with van der Waals surface area (Å²) in [5, 5.41) is 9.25. The van der Waals surface area contributed by atoms with Gasteiger partial charge in [0.2, 0.25) is 0 Å². The minimum Gasteiger partial charge on any atom is -0.396 e. The number of hydrogen-bond acceptors (Lipinski definition) is 3. The summed E-state index contributed by atoms with van der Waals surface area (Å²) in [7, 11) is 0. The second kappa shape index (κ2) is 5.30. The molecule has 1 heterocycles. The molecule has 0 aliphatic heterocycles. The number of aliphatic hydroxyl groups excluding tert-OH is 1. The number of alkyl halides is 3. The van der Waals surface area contributed by atoms with E-state index in [0.717, 1.165) is 10.9 Å². The Hall–Kier alpha value is -1.40. The first kappa shape index (κ1) is 14.0. The van der Waals surface area contributed by atoms with Crippen molar-refractivity contribution in [2.75, 3.05) is 6.61 Å². The highest BCUT2D eigenvalue weighted by Gasteiger charge is 2.34. The van der Waals surface area contributed by atoms with Gasteiger partial charge in [0.1, 0.15) is 5.01 Å². The number of benzene rings is 1. The third-order valence-corrected chi connectivity index (χ3v) is 3.94. The van der Waals surface area contributed by atoms with Crippen LogP contribution in [0.3, 0.4) is 0 Å². The van der Waals surface area contributed by atoms with Crippen LogP contribution in [0.25, 0.3) is 10.6 Å². The molecule has 0 spiro atoms. The van der Waals surface area contributed by atoms with Crippen LogP contribution in [-0.2, 0) is 12.6 Å². The zero-order chi connectivity index (χ0) is 14.0. The van der Waals surface area contributed by atoms with E-state index >= 15 is 0 Å². The van der Waals surface area contributed by atoms with Crippen molar-refractivity contribution in [2.45, 2.75) is 19.5 Å². The Morgan fingerprint density at radius 1 is 1.26 bits per heavy atom. The molecule has 0 saturated carbocycles. The predicted molar refractivity (Wildman–Crippen MR) is 68.1 cm³/mol. The van der Waals surface area contributed by atoms with Crippen LogP contribution < -0.4 is 0 Å². The van der Waals surface area contributed by atoms with E-state index in [4.69, 9.17) is 5.11 Å². The molecule has 0 fully saturated rings. The summed E-state index contributed by atoms with van der Waals surface area (Å²) in [5.41, 5.74) is 0.0811. The lowest BCUT2D eigenvalue weighted by atomic mass is 10.1. The second-order valence-electron chi connectivity index (χ2n) is 4.04. The maximum Gasteiger partial charge on any atom is 0.417 e. The van der Waals surface area contributed by atoms with Crippen molar-refractivity contribution < 1.29 is 18.3 Å². The Balaban J connectivity index is 2.50. The first-order valence-electron chi connectivity index (χ1n) is 5.67. The van der Waals surface area contributed by atoms with Crippen molar-refractivity contribution in [3.63, 3.8) is 0 Å². The highest BCUT2D eigenvalue weighted by atomic mass is 32.1. The number of rotatable bonds is 3. The SMILES string of the molecule is Cc1nc(-c2ccccc2C(F)(F)F)sc1CCO. The minimum atomic E-state index is -4.40. The molecule has 19 heavy (non-hydrogen) atoms. The standard InChI is InChI=1S/C13H12F3NOS/c1-8-11(6-7-18)19-12(17-8)9-4-2-3-5-10(9)13(14,15)16/h2-5,18H,6-7H2,1H3. The second-order valence-corrected chi connectivity index (χ2v) is 5.13. The number of halogens is 3. The molecule has 0 radical (unpaired) electrons. The topological polar surface area (TPSA) is 33.1 Å². The van der Waals surface area contributed by atoms with Gasteiger partial charge in [-0.25, -0.2) is 4.98 Å². The summed E-state index contributed by atoms with van der Waals surface area (Å²) in [5.74, 6) is 0. The zero-order valence-electron chi connectivity index (χ0n) is 10.2. The van der Waals surface area contributed by atoms with Crippen LogP contribution in [0.1, 0.15) is 16.1 Å². The molecule has 0 saturated heterocycles. The molecule has 0 unspecified atom stereocenters. The fourth-order valence-electron chi connectivity index (χ4n) is 1.79. The van der Waals surface area contributed by atoms with E-state index in [9.17, 15) is 13.2 Å². The molecule has 102 valence electrons. The lowest BCUT2D eigenvalue weighted by Crippen LogP contribution is -2.06. The van der Waals surface area contributed by atoms with Gasteiger partial charge in [-0.15, -0.1) is 11.3 Å². The molecule has 0 atom stereocenters. The first-order chi connectivity index (χ1) is 8.93. The average molecular weight is 287 g/mol.